The molecule has 1 N–H and O–H groups in total. The average molecular weight is 629 g/mol. The maximum atomic E-state index is 12.5. The van der Waals surface area contributed by atoms with Crippen LogP contribution in [0.3, 0.4) is 0 Å². The number of aromatic hydroxyl groups is 1. The molecule has 1 atom stereocenters. The van der Waals surface area contributed by atoms with Crippen LogP contribution >= 0.6 is 0 Å². The van der Waals surface area contributed by atoms with Gasteiger partial charge >= 0.3 is 0 Å². The summed E-state index contributed by atoms with van der Waals surface area (Å²) in [6.45, 7) is 4.38. The zero-order chi connectivity index (χ0) is 32.8. The van der Waals surface area contributed by atoms with Gasteiger partial charge in [0.1, 0.15) is 18.4 Å². The van der Waals surface area contributed by atoms with Gasteiger partial charge in [-0.05, 0) is 34.7 Å². The van der Waals surface area contributed by atoms with Crippen LogP contribution in [-0.4, -0.2) is 29.1 Å². The summed E-state index contributed by atoms with van der Waals surface area (Å²) in [5, 5.41) is 12.5. The fourth-order valence-electron chi connectivity index (χ4n) is 7.09. The van der Waals surface area contributed by atoms with Gasteiger partial charge in [0.05, 0.1) is 12.0 Å². The normalized spacial score (nSPS) is 14.5. The van der Waals surface area contributed by atoms with Crippen molar-refractivity contribution in [1.29, 1.82) is 0 Å². The van der Waals surface area contributed by atoms with Crippen LogP contribution in [0.5, 0.6) is 5.75 Å². The van der Waals surface area contributed by atoms with E-state index in [4.69, 9.17) is 9.73 Å². The summed E-state index contributed by atoms with van der Waals surface area (Å²) in [5.74, 6) is 1.02. The molecule has 7 rings (SSSR count). The average Bonchev–Trinajstić information content (AvgIpc) is 3.61. The SMILES string of the molecule is Cc1cc(CN(CC2=N[C@@H](c3ccccc3)CO2)Cc2ccccc2)c(O)c(C(c2ccccc2)(c2ccccc2)c2ccccc2)c1. The van der Waals surface area contributed by atoms with Crippen LogP contribution in [0.1, 0.15) is 50.5 Å². The van der Waals surface area contributed by atoms with E-state index in [1.54, 1.807) is 0 Å². The number of aryl methyl sites for hydroxylation is 1. The summed E-state index contributed by atoms with van der Waals surface area (Å²) in [5.41, 5.74) is 7.69. The molecule has 0 fully saturated rings. The van der Waals surface area contributed by atoms with E-state index in [1.807, 2.05) is 42.5 Å². The zero-order valence-electron chi connectivity index (χ0n) is 27.2. The summed E-state index contributed by atoms with van der Waals surface area (Å²) in [6.07, 6.45) is 0. The van der Waals surface area contributed by atoms with Crippen LogP contribution in [0.4, 0.5) is 0 Å². The van der Waals surface area contributed by atoms with Crippen LogP contribution in [0.2, 0.25) is 0 Å². The molecule has 0 spiro atoms. The van der Waals surface area contributed by atoms with Crippen LogP contribution in [0.15, 0.2) is 169 Å². The van der Waals surface area contributed by atoms with Gasteiger partial charge in [-0.25, -0.2) is 4.99 Å². The first kappa shape index (κ1) is 31.2. The zero-order valence-corrected chi connectivity index (χ0v) is 27.2. The van der Waals surface area contributed by atoms with Crippen molar-refractivity contribution in [3.05, 3.63) is 208 Å². The van der Waals surface area contributed by atoms with E-state index in [1.165, 1.54) is 5.56 Å². The molecule has 4 nitrogen and oxygen atoms in total. The number of hydrogen-bond acceptors (Lipinski definition) is 4. The van der Waals surface area contributed by atoms with Crippen molar-refractivity contribution < 1.29 is 9.84 Å². The van der Waals surface area contributed by atoms with E-state index in [0.29, 0.717) is 32.0 Å². The molecule has 1 heterocycles. The second-order valence-electron chi connectivity index (χ2n) is 12.6. The minimum Gasteiger partial charge on any atom is -0.507 e. The number of hydrogen-bond donors (Lipinski definition) is 1. The molecule has 0 saturated carbocycles. The molecule has 0 amide bonds. The van der Waals surface area contributed by atoms with Crippen molar-refractivity contribution in [1.82, 2.24) is 4.90 Å². The largest absolute Gasteiger partial charge is 0.507 e. The minimum absolute atomic E-state index is 0.0121. The number of aliphatic imine (C=N–C) groups is 1. The first-order valence-corrected chi connectivity index (χ1v) is 16.6. The molecule has 1 aliphatic heterocycles. The predicted molar refractivity (Wildman–Crippen MR) is 194 cm³/mol. The van der Waals surface area contributed by atoms with Crippen molar-refractivity contribution in [2.45, 2.75) is 31.5 Å². The lowest BCUT2D eigenvalue weighted by atomic mass is 9.64. The van der Waals surface area contributed by atoms with Crippen LogP contribution < -0.4 is 0 Å². The van der Waals surface area contributed by atoms with E-state index in [0.717, 1.165) is 44.8 Å². The monoisotopic (exact) mass is 628 g/mol. The summed E-state index contributed by atoms with van der Waals surface area (Å²) in [6, 6.07) is 56.7. The molecule has 1 aliphatic rings. The number of phenolic OH excluding ortho intramolecular Hbond substituents is 1. The summed E-state index contributed by atoms with van der Waals surface area (Å²) >= 11 is 0. The van der Waals surface area contributed by atoms with Crippen LogP contribution in [0, 0.1) is 6.92 Å². The molecule has 0 saturated heterocycles. The van der Waals surface area contributed by atoms with Crippen molar-refractivity contribution in [3.8, 4) is 5.75 Å². The lowest BCUT2D eigenvalue weighted by molar-refractivity contribution is 0.251. The van der Waals surface area contributed by atoms with E-state index in [2.05, 4.69) is 133 Å². The maximum Gasteiger partial charge on any atom is 0.198 e. The van der Waals surface area contributed by atoms with Crippen LogP contribution in [0.25, 0.3) is 0 Å². The van der Waals surface area contributed by atoms with Crippen molar-refractivity contribution in [2.24, 2.45) is 4.99 Å². The van der Waals surface area contributed by atoms with Gasteiger partial charge < -0.3 is 9.84 Å². The molecule has 0 bridgehead atoms. The number of rotatable bonds is 11. The van der Waals surface area contributed by atoms with E-state index in [9.17, 15) is 5.11 Å². The van der Waals surface area contributed by atoms with Gasteiger partial charge in [-0.15, -0.1) is 0 Å². The molecule has 4 heteroatoms. The van der Waals surface area contributed by atoms with Gasteiger partial charge in [0.15, 0.2) is 5.90 Å². The number of ether oxygens (including phenoxy) is 1. The molecule has 0 unspecified atom stereocenters. The van der Waals surface area contributed by atoms with Gasteiger partial charge in [-0.3, -0.25) is 4.90 Å². The van der Waals surface area contributed by atoms with Gasteiger partial charge in [0.2, 0.25) is 0 Å². The topological polar surface area (TPSA) is 45.1 Å². The van der Waals surface area contributed by atoms with Crippen molar-refractivity contribution >= 4 is 5.90 Å². The first-order chi connectivity index (χ1) is 23.6. The molecular formula is C44H40N2O2. The van der Waals surface area contributed by atoms with Gasteiger partial charge in [-0.2, -0.15) is 0 Å². The molecule has 6 aromatic rings. The lowest BCUT2D eigenvalue weighted by Gasteiger charge is -2.38. The molecule has 6 aromatic carbocycles. The summed E-state index contributed by atoms with van der Waals surface area (Å²) in [4.78, 5) is 7.30. The summed E-state index contributed by atoms with van der Waals surface area (Å²) < 4.78 is 6.18. The van der Waals surface area contributed by atoms with Crippen LogP contribution in [-0.2, 0) is 23.2 Å². The number of phenols is 1. The third-order valence-electron chi connectivity index (χ3n) is 9.25. The molecule has 0 radical (unpaired) electrons. The number of nitrogens with zero attached hydrogens (tertiary/aromatic N) is 2. The second kappa shape index (κ2) is 14.1. The van der Waals surface area contributed by atoms with E-state index in [-0.39, 0.29) is 6.04 Å². The number of benzene rings is 6. The highest BCUT2D eigenvalue weighted by molar-refractivity contribution is 5.80. The Hall–Kier alpha value is -5.45. The quantitative estimate of drug-likeness (QED) is 0.146. The molecular weight excluding hydrogens is 588 g/mol. The second-order valence-corrected chi connectivity index (χ2v) is 12.6. The van der Waals surface area contributed by atoms with Crippen molar-refractivity contribution in [3.63, 3.8) is 0 Å². The Morgan fingerprint density at radius 2 is 1.15 bits per heavy atom. The predicted octanol–water partition coefficient (Wildman–Crippen LogP) is 9.26. The molecule has 238 valence electrons. The van der Waals surface area contributed by atoms with Gasteiger partial charge in [0.25, 0.3) is 0 Å². The standard InChI is InChI=1S/C44H40N2O2/c1-33-27-36(30-46(29-34-17-7-2-8-18-34)31-42-45-41(32-48-42)35-19-9-3-10-20-35)43(47)40(28-33)44(37-21-11-4-12-22-37,38-23-13-5-14-24-38)39-25-15-6-16-26-39/h2-28,41,47H,29-32H2,1H3/t41-/m1/s1. The van der Waals surface area contributed by atoms with Gasteiger partial charge in [-0.1, -0.05) is 169 Å². The smallest absolute Gasteiger partial charge is 0.198 e. The van der Waals surface area contributed by atoms with Crippen molar-refractivity contribution in [2.75, 3.05) is 13.2 Å². The molecule has 48 heavy (non-hydrogen) atoms. The summed E-state index contributed by atoms with van der Waals surface area (Å²) in [7, 11) is 0. The highest BCUT2D eigenvalue weighted by atomic mass is 16.5. The Morgan fingerprint density at radius 1 is 0.646 bits per heavy atom. The third kappa shape index (κ3) is 6.40. The van der Waals surface area contributed by atoms with E-state index >= 15 is 0 Å². The molecule has 0 aromatic heterocycles. The maximum absolute atomic E-state index is 12.5. The Bertz CT molecular complexity index is 1860. The Morgan fingerprint density at radius 3 is 1.69 bits per heavy atom. The fourth-order valence-corrected chi connectivity index (χ4v) is 7.09. The third-order valence-corrected chi connectivity index (χ3v) is 9.25. The Labute approximate surface area is 283 Å². The Balaban J connectivity index is 1.33. The highest BCUT2D eigenvalue weighted by Crippen LogP contribution is 2.49. The molecule has 0 aliphatic carbocycles. The highest BCUT2D eigenvalue weighted by Gasteiger charge is 2.41. The van der Waals surface area contributed by atoms with E-state index < -0.39 is 5.41 Å². The Kier molecular flexibility index (Phi) is 9.17. The van der Waals surface area contributed by atoms with Gasteiger partial charge in [0, 0.05) is 24.2 Å². The lowest BCUT2D eigenvalue weighted by Crippen LogP contribution is -2.32. The fraction of sp³-hybridized carbons (Fsp3) is 0.159. The minimum atomic E-state index is -0.750. The first-order valence-electron chi connectivity index (χ1n) is 16.6.